The van der Waals surface area contributed by atoms with Crippen LogP contribution < -0.4 is 9.47 Å². The van der Waals surface area contributed by atoms with Crippen molar-refractivity contribution in [2.75, 3.05) is 14.2 Å². The molecule has 186 valence electrons. The summed E-state index contributed by atoms with van der Waals surface area (Å²) >= 11 is 6.00. The lowest BCUT2D eigenvalue weighted by atomic mass is 10.2. The van der Waals surface area contributed by atoms with Gasteiger partial charge in [0.05, 0.1) is 31.9 Å². The maximum Gasteiger partial charge on any atom is 0.243 e. The SMILES string of the molecule is COc1ccc(N=Cc2ccc(CN(Cc3ccc(Cl)cc3)S(=O)(=O)c3ccccc3)o2)c(OC)c1. The zero-order valence-corrected chi connectivity index (χ0v) is 21.4. The van der Waals surface area contributed by atoms with Crippen LogP contribution in [0, 0.1) is 0 Å². The van der Waals surface area contributed by atoms with Crippen molar-refractivity contribution in [1.29, 1.82) is 0 Å². The fourth-order valence-electron chi connectivity index (χ4n) is 3.51. The Hall–Kier alpha value is -3.59. The van der Waals surface area contributed by atoms with Crippen LogP contribution in [0.2, 0.25) is 5.02 Å². The normalized spacial score (nSPS) is 11.8. The summed E-state index contributed by atoms with van der Waals surface area (Å²) in [4.78, 5) is 4.65. The maximum atomic E-state index is 13.5. The topological polar surface area (TPSA) is 81.3 Å². The third kappa shape index (κ3) is 6.15. The van der Waals surface area contributed by atoms with Crippen molar-refractivity contribution in [2.24, 2.45) is 4.99 Å². The number of rotatable bonds is 10. The summed E-state index contributed by atoms with van der Waals surface area (Å²) in [5.74, 6) is 2.17. The Morgan fingerprint density at radius 2 is 1.67 bits per heavy atom. The van der Waals surface area contributed by atoms with Crippen LogP contribution in [0.1, 0.15) is 17.1 Å². The molecule has 4 rings (SSSR count). The molecule has 0 atom stereocenters. The number of sulfonamides is 1. The molecule has 0 amide bonds. The summed E-state index contributed by atoms with van der Waals surface area (Å²) in [6.07, 6.45) is 1.56. The van der Waals surface area contributed by atoms with Crippen LogP contribution in [0.3, 0.4) is 0 Å². The average Bonchev–Trinajstić information content (AvgIpc) is 3.36. The smallest absolute Gasteiger partial charge is 0.243 e. The van der Waals surface area contributed by atoms with Gasteiger partial charge in [-0.25, -0.2) is 13.4 Å². The van der Waals surface area contributed by atoms with Gasteiger partial charge in [-0.3, -0.25) is 0 Å². The second kappa shape index (κ2) is 11.4. The van der Waals surface area contributed by atoms with E-state index >= 15 is 0 Å². The van der Waals surface area contributed by atoms with Crippen LogP contribution in [0.25, 0.3) is 0 Å². The largest absolute Gasteiger partial charge is 0.497 e. The highest BCUT2D eigenvalue weighted by Gasteiger charge is 2.26. The van der Waals surface area contributed by atoms with E-state index in [2.05, 4.69) is 4.99 Å². The second-order valence-corrected chi connectivity index (χ2v) is 10.2. The number of benzene rings is 3. The Kier molecular flexibility index (Phi) is 8.10. The Labute approximate surface area is 215 Å². The Morgan fingerprint density at radius 1 is 0.917 bits per heavy atom. The fourth-order valence-corrected chi connectivity index (χ4v) is 5.05. The highest BCUT2D eigenvalue weighted by molar-refractivity contribution is 7.89. The summed E-state index contributed by atoms with van der Waals surface area (Å²) in [5.41, 5.74) is 1.41. The van der Waals surface area contributed by atoms with E-state index in [4.69, 9.17) is 25.5 Å². The van der Waals surface area contributed by atoms with Gasteiger partial charge in [0.25, 0.3) is 0 Å². The van der Waals surface area contributed by atoms with Crippen LogP contribution in [0.4, 0.5) is 5.69 Å². The van der Waals surface area contributed by atoms with E-state index in [0.29, 0.717) is 33.7 Å². The van der Waals surface area contributed by atoms with Gasteiger partial charge >= 0.3 is 0 Å². The maximum absolute atomic E-state index is 13.5. The van der Waals surface area contributed by atoms with Gasteiger partial charge in [0.15, 0.2) is 0 Å². The van der Waals surface area contributed by atoms with Gasteiger partial charge in [0.1, 0.15) is 28.7 Å². The van der Waals surface area contributed by atoms with E-state index in [0.717, 1.165) is 5.56 Å². The molecule has 3 aromatic carbocycles. The second-order valence-electron chi connectivity index (χ2n) is 7.81. The predicted molar refractivity (Wildman–Crippen MR) is 140 cm³/mol. The molecule has 0 aliphatic heterocycles. The van der Waals surface area contributed by atoms with Gasteiger partial charge in [-0.2, -0.15) is 4.31 Å². The number of methoxy groups -OCH3 is 2. The summed E-state index contributed by atoms with van der Waals surface area (Å²) < 4.78 is 44.8. The van der Waals surface area contributed by atoms with E-state index in [1.165, 1.54) is 4.31 Å². The Bertz CT molecular complexity index is 1430. The quantitative estimate of drug-likeness (QED) is 0.234. The molecule has 0 spiro atoms. The lowest BCUT2D eigenvalue weighted by Crippen LogP contribution is -2.30. The van der Waals surface area contributed by atoms with Crippen molar-refractivity contribution in [3.8, 4) is 11.5 Å². The predicted octanol–water partition coefficient (Wildman–Crippen LogP) is 6.09. The third-order valence-electron chi connectivity index (χ3n) is 5.39. The molecule has 1 aromatic heterocycles. The highest BCUT2D eigenvalue weighted by atomic mass is 35.5. The van der Waals surface area contributed by atoms with Crippen molar-refractivity contribution in [3.63, 3.8) is 0 Å². The van der Waals surface area contributed by atoms with Crippen LogP contribution in [0.15, 0.2) is 99.2 Å². The van der Waals surface area contributed by atoms with Crippen LogP contribution >= 0.6 is 11.6 Å². The molecular weight excluding hydrogens is 500 g/mol. The zero-order chi connectivity index (χ0) is 25.5. The summed E-state index contributed by atoms with van der Waals surface area (Å²) in [6.45, 7) is 0.196. The minimum atomic E-state index is -3.79. The van der Waals surface area contributed by atoms with Gasteiger partial charge in [0.2, 0.25) is 10.0 Å². The summed E-state index contributed by atoms with van der Waals surface area (Å²) in [5, 5.41) is 0.583. The molecule has 1 heterocycles. The lowest BCUT2D eigenvalue weighted by Gasteiger charge is -2.21. The molecule has 7 nitrogen and oxygen atoms in total. The number of hydrogen-bond acceptors (Lipinski definition) is 6. The van der Waals surface area contributed by atoms with Crippen molar-refractivity contribution in [3.05, 3.63) is 107 Å². The highest BCUT2D eigenvalue weighted by Crippen LogP contribution is 2.31. The molecule has 0 radical (unpaired) electrons. The van der Waals surface area contributed by atoms with Gasteiger partial charge in [0, 0.05) is 17.6 Å². The van der Waals surface area contributed by atoms with Crippen molar-refractivity contribution < 1.29 is 22.3 Å². The van der Waals surface area contributed by atoms with Crippen molar-refractivity contribution >= 4 is 33.5 Å². The molecule has 0 N–H and O–H groups in total. The molecule has 9 heteroatoms. The molecule has 0 bridgehead atoms. The van der Waals surface area contributed by atoms with E-state index in [1.54, 1.807) is 105 Å². The van der Waals surface area contributed by atoms with Gasteiger partial charge in [-0.15, -0.1) is 0 Å². The minimum absolute atomic E-state index is 0.0412. The monoisotopic (exact) mass is 524 g/mol. The first-order chi connectivity index (χ1) is 17.4. The van der Waals surface area contributed by atoms with E-state index in [1.807, 2.05) is 0 Å². The molecule has 0 aliphatic carbocycles. The standard InChI is InChI=1S/C27H25ClN2O5S/c1-33-22-14-15-26(27(16-22)34-2)29-17-23-12-13-24(35-23)19-30(18-20-8-10-21(28)11-9-20)36(31,32)25-6-4-3-5-7-25/h3-17H,18-19H2,1-2H3. The Morgan fingerprint density at radius 3 is 2.36 bits per heavy atom. The molecule has 4 aromatic rings. The number of hydrogen-bond donors (Lipinski definition) is 0. The van der Waals surface area contributed by atoms with Gasteiger partial charge < -0.3 is 13.9 Å². The number of aliphatic imine (C=N–C) groups is 1. The van der Waals surface area contributed by atoms with Crippen molar-refractivity contribution in [1.82, 2.24) is 4.31 Å². The summed E-state index contributed by atoms with van der Waals surface area (Å²) in [7, 11) is -0.654. The fraction of sp³-hybridized carbons (Fsp3) is 0.148. The molecule has 0 fully saturated rings. The van der Waals surface area contributed by atoms with E-state index in [-0.39, 0.29) is 18.0 Å². The summed E-state index contributed by atoms with van der Waals surface area (Å²) in [6, 6.07) is 24.2. The lowest BCUT2D eigenvalue weighted by molar-refractivity contribution is 0.357. The first kappa shape index (κ1) is 25.5. The number of nitrogens with zero attached hydrogens (tertiary/aromatic N) is 2. The molecule has 36 heavy (non-hydrogen) atoms. The number of furan rings is 1. The zero-order valence-electron chi connectivity index (χ0n) is 19.8. The van der Waals surface area contributed by atoms with Crippen LogP contribution in [0.5, 0.6) is 11.5 Å². The number of ether oxygens (including phenoxy) is 2. The van der Waals surface area contributed by atoms with Crippen LogP contribution in [-0.2, 0) is 23.1 Å². The molecule has 0 unspecified atom stereocenters. The third-order valence-corrected chi connectivity index (χ3v) is 7.44. The van der Waals surface area contributed by atoms with Crippen LogP contribution in [-0.4, -0.2) is 33.2 Å². The first-order valence-corrected chi connectivity index (χ1v) is 12.9. The molecule has 0 aliphatic rings. The van der Waals surface area contributed by atoms with Crippen molar-refractivity contribution in [2.45, 2.75) is 18.0 Å². The Balaban J connectivity index is 1.58. The first-order valence-electron chi connectivity index (χ1n) is 11.0. The van der Waals surface area contributed by atoms with Gasteiger partial charge in [-0.05, 0) is 54.1 Å². The molecule has 0 saturated carbocycles. The van der Waals surface area contributed by atoms with E-state index < -0.39 is 10.0 Å². The molecular formula is C27H25ClN2O5S. The van der Waals surface area contributed by atoms with Gasteiger partial charge in [-0.1, -0.05) is 41.9 Å². The number of halogens is 1. The average molecular weight is 525 g/mol. The minimum Gasteiger partial charge on any atom is -0.497 e. The molecule has 0 saturated heterocycles. The van der Waals surface area contributed by atoms with E-state index in [9.17, 15) is 8.42 Å².